The first-order valence-electron chi connectivity index (χ1n) is 12.1. The number of halogens is 1. The Morgan fingerprint density at radius 3 is 2.77 bits per heavy atom. The lowest BCUT2D eigenvalue weighted by Gasteiger charge is -2.20. The lowest BCUT2D eigenvalue weighted by Crippen LogP contribution is -2.26. The van der Waals surface area contributed by atoms with Crippen molar-refractivity contribution in [1.82, 2.24) is 24.9 Å². The maximum Gasteiger partial charge on any atom is 0.240 e. The van der Waals surface area contributed by atoms with E-state index in [1.807, 2.05) is 39.1 Å². The number of benzene rings is 1. The van der Waals surface area contributed by atoms with E-state index in [9.17, 15) is 0 Å². The van der Waals surface area contributed by atoms with Crippen LogP contribution in [0, 0.1) is 12.7 Å². The van der Waals surface area contributed by atoms with Gasteiger partial charge in [0.2, 0.25) is 11.8 Å². The summed E-state index contributed by atoms with van der Waals surface area (Å²) in [6.45, 7) is 14.7. The van der Waals surface area contributed by atoms with Gasteiger partial charge in [0.05, 0.1) is 29.6 Å². The summed E-state index contributed by atoms with van der Waals surface area (Å²) < 4.78 is 29.0. The first-order valence-corrected chi connectivity index (χ1v) is 12.1. The number of aromatic nitrogens is 4. The van der Waals surface area contributed by atoms with Crippen molar-refractivity contribution in [3.63, 3.8) is 0 Å². The Hall–Kier alpha value is -3.39. The van der Waals surface area contributed by atoms with E-state index in [2.05, 4.69) is 40.2 Å². The van der Waals surface area contributed by atoms with Gasteiger partial charge in [-0.2, -0.15) is 5.10 Å². The third kappa shape index (κ3) is 5.03. The zero-order valence-electron chi connectivity index (χ0n) is 21.2. The van der Waals surface area contributed by atoms with Crippen LogP contribution in [0.25, 0.3) is 22.8 Å². The number of allylic oxidation sites excluding steroid dienone is 2. The molecule has 1 N–H and O–H groups in total. The standard InChI is InChI=1S/C27H34FN5O2/c1-7-19(5)33-25-16-32(6)11-12-35-26-23(15-29-30-26)22-14-21(18(4)13-24(22)28)17(3)9-10-20(25)27(31-33)34-8-2/h9-10,13-15,19H,3,7-8,11-12,16H2,1-2,4-6H3,(H,29,30)/b10-9+. The highest BCUT2D eigenvalue weighted by Crippen LogP contribution is 2.35. The predicted molar refractivity (Wildman–Crippen MR) is 137 cm³/mol. The van der Waals surface area contributed by atoms with Crippen LogP contribution >= 0.6 is 0 Å². The van der Waals surface area contributed by atoms with E-state index in [-0.39, 0.29) is 11.9 Å². The van der Waals surface area contributed by atoms with Crippen molar-refractivity contribution >= 4 is 11.6 Å². The number of likely N-dealkylation sites (N-methyl/N-ethyl adjacent to an activating group) is 1. The van der Waals surface area contributed by atoms with Crippen LogP contribution in [0.4, 0.5) is 4.39 Å². The van der Waals surface area contributed by atoms with Crippen LogP contribution in [-0.4, -0.2) is 51.7 Å². The Kier molecular flexibility index (Phi) is 7.40. The molecule has 3 aromatic rings. The van der Waals surface area contributed by atoms with Gasteiger partial charge in [0, 0.05) is 24.7 Å². The van der Waals surface area contributed by atoms with Gasteiger partial charge < -0.3 is 9.47 Å². The minimum Gasteiger partial charge on any atom is -0.476 e. The predicted octanol–water partition coefficient (Wildman–Crippen LogP) is 5.64. The first-order chi connectivity index (χ1) is 16.8. The van der Waals surface area contributed by atoms with Gasteiger partial charge in [-0.25, -0.2) is 9.49 Å². The van der Waals surface area contributed by atoms with Gasteiger partial charge in [0.1, 0.15) is 12.4 Å². The maximum atomic E-state index is 15.0. The summed E-state index contributed by atoms with van der Waals surface area (Å²) in [6.07, 6.45) is 6.52. The highest BCUT2D eigenvalue weighted by molar-refractivity contribution is 5.83. The molecular weight excluding hydrogens is 445 g/mol. The molecule has 1 aliphatic heterocycles. The van der Waals surface area contributed by atoms with Crippen molar-refractivity contribution < 1.29 is 13.9 Å². The molecule has 2 bridgehead atoms. The lowest BCUT2D eigenvalue weighted by molar-refractivity contribution is 0.222. The molecular formula is C27H34FN5O2. The largest absolute Gasteiger partial charge is 0.476 e. The second-order valence-electron chi connectivity index (χ2n) is 9.00. The fourth-order valence-corrected chi connectivity index (χ4v) is 4.28. The van der Waals surface area contributed by atoms with Gasteiger partial charge in [-0.3, -0.25) is 9.58 Å². The van der Waals surface area contributed by atoms with Crippen LogP contribution in [0.1, 0.15) is 55.6 Å². The molecule has 35 heavy (non-hydrogen) atoms. The molecule has 3 heterocycles. The van der Waals surface area contributed by atoms with Crippen molar-refractivity contribution in [2.45, 2.75) is 46.7 Å². The molecule has 0 fully saturated rings. The van der Waals surface area contributed by atoms with Crippen LogP contribution in [0.2, 0.25) is 0 Å². The Balaban J connectivity index is 1.86. The Bertz CT molecular complexity index is 1240. The van der Waals surface area contributed by atoms with E-state index < -0.39 is 0 Å². The molecule has 0 saturated heterocycles. The quantitative estimate of drug-likeness (QED) is 0.524. The molecule has 0 amide bonds. The number of H-pyrrole nitrogens is 1. The summed E-state index contributed by atoms with van der Waals surface area (Å²) in [4.78, 5) is 2.18. The molecule has 0 saturated carbocycles. The lowest BCUT2D eigenvalue weighted by atomic mass is 9.95. The van der Waals surface area contributed by atoms with Crippen molar-refractivity contribution in [2.24, 2.45) is 0 Å². The molecule has 0 aliphatic carbocycles. The van der Waals surface area contributed by atoms with Crippen molar-refractivity contribution in [3.8, 4) is 22.9 Å². The molecule has 0 radical (unpaired) electrons. The second-order valence-corrected chi connectivity index (χ2v) is 9.00. The number of nitrogens with one attached hydrogen (secondary N) is 1. The van der Waals surface area contributed by atoms with Crippen LogP contribution in [-0.2, 0) is 6.54 Å². The van der Waals surface area contributed by atoms with Gasteiger partial charge in [-0.15, -0.1) is 5.10 Å². The van der Waals surface area contributed by atoms with E-state index in [0.29, 0.717) is 49.2 Å². The molecule has 1 unspecified atom stereocenters. The van der Waals surface area contributed by atoms with E-state index >= 15 is 4.39 Å². The average molecular weight is 480 g/mol. The highest BCUT2D eigenvalue weighted by atomic mass is 19.1. The van der Waals surface area contributed by atoms with E-state index in [1.165, 1.54) is 6.07 Å². The summed E-state index contributed by atoms with van der Waals surface area (Å²) in [5, 5.41) is 11.8. The highest BCUT2D eigenvalue weighted by Gasteiger charge is 2.22. The molecule has 4 rings (SSSR count). The number of hydrogen-bond donors (Lipinski definition) is 1. The third-order valence-electron chi connectivity index (χ3n) is 6.45. The Morgan fingerprint density at radius 2 is 2.03 bits per heavy atom. The topological polar surface area (TPSA) is 68.2 Å². The van der Waals surface area contributed by atoms with Gasteiger partial charge in [-0.1, -0.05) is 19.6 Å². The Labute approximate surface area is 206 Å². The minimum absolute atomic E-state index is 0.218. The summed E-state index contributed by atoms with van der Waals surface area (Å²) in [5.74, 6) is 0.733. The van der Waals surface area contributed by atoms with Gasteiger partial charge in [-0.05, 0) is 69.1 Å². The molecule has 1 atom stereocenters. The number of rotatable bonds is 4. The van der Waals surface area contributed by atoms with Crippen LogP contribution in [0.5, 0.6) is 11.8 Å². The molecule has 8 heteroatoms. The molecule has 186 valence electrons. The van der Waals surface area contributed by atoms with Gasteiger partial charge in [0.15, 0.2) is 0 Å². The van der Waals surface area contributed by atoms with Crippen molar-refractivity contribution in [3.05, 3.63) is 59.2 Å². The molecule has 1 aromatic carbocycles. The molecule has 0 spiro atoms. The summed E-state index contributed by atoms with van der Waals surface area (Å²) in [7, 11) is 2.04. The fourth-order valence-electron chi connectivity index (χ4n) is 4.28. The zero-order valence-corrected chi connectivity index (χ0v) is 21.2. The minimum atomic E-state index is -0.327. The molecule has 1 aliphatic rings. The summed E-state index contributed by atoms with van der Waals surface area (Å²) >= 11 is 0. The van der Waals surface area contributed by atoms with E-state index in [1.54, 1.807) is 6.20 Å². The fraction of sp³-hybridized carbons (Fsp3) is 0.407. The number of nitrogens with zero attached hydrogens (tertiary/aromatic N) is 4. The van der Waals surface area contributed by atoms with Crippen molar-refractivity contribution in [2.75, 3.05) is 26.8 Å². The smallest absolute Gasteiger partial charge is 0.240 e. The maximum absolute atomic E-state index is 15.0. The zero-order chi connectivity index (χ0) is 25.1. The van der Waals surface area contributed by atoms with Crippen LogP contribution in [0.3, 0.4) is 0 Å². The average Bonchev–Trinajstić information content (AvgIpc) is 3.41. The SMILES string of the molecule is C=C1/C=C/c2c(OCC)nn(C(C)CC)c2CN(C)CCOc2[nH]ncc2-c2cc1c(C)cc2F. The number of ether oxygens (including phenoxy) is 2. The number of fused-ring (bicyclic) bond motifs is 5. The van der Waals surface area contributed by atoms with Gasteiger partial charge in [0.25, 0.3) is 0 Å². The summed E-state index contributed by atoms with van der Waals surface area (Å²) in [6, 6.07) is 3.56. The third-order valence-corrected chi connectivity index (χ3v) is 6.45. The Morgan fingerprint density at radius 1 is 1.23 bits per heavy atom. The number of aryl methyl sites for hydroxylation is 1. The monoisotopic (exact) mass is 479 g/mol. The molecule has 7 nitrogen and oxygen atoms in total. The van der Waals surface area contributed by atoms with E-state index in [4.69, 9.17) is 14.6 Å². The van der Waals surface area contributed by atoms with E-state index in [0.717, 1.165) is 34.4 Å². The number of aromatic amines is 1. The van der Waals surface area contributed by atoms with Crippen molar-refractivity contribution in [1.29, 1.82) is 0 Å². The second kappa shape index (κ2) is 10.5. The number of hydrogen-bond acceptors (Lipinski definition) is 5. The molecule has 2 aromatic heterocycles. The van der Waals surface area contributed by atoms with Crippen LogP contribution < -0.4 is 9.47 Å². The normalized spacial score (nSPS) is 16.5. The first kappa shape index (κ1) is 24.7. The summed E-state index contributed by atoms with van der Waals surface area (Å²) in [5.41, 5.74) is 5.44. The van der Waals surface area contributed by atoms with Crippen LogP contribution in [0.15, 0.2) is 31.0 Å². The van der Waals surface area contributed by atoms with Gasteiger partial charge >= 0.3 is 0 Å².